The fourth-order valence-corrected chi connectivity index (χ4v) is 2.32. The molecule has 0 radical (unpaired) electrons. The topological polar surface area (TPSA) is 87.0 Å². The third-order valence-corrected chi connectivity index (χ3v) is 3.27. The van der Waals surface area contributed by atoms with Gasteiger partial charge in [-0.15, -0.1) is 0 Å². The monoisotopic (exact) mass is 296 g/mol. The standard InChI is InChI=1S/C16H24O5/c1-4-7-10-12(16(20)21-9-6-3)11(8-5-2)14(18)15(19)13(10)17/h17-19H,4-9H2,1-3H3. The highest BCUT2D eigenvalue weighted by atomic mass is 16.5. The van der Waals surface area contributed by atoms with Gasteiger partial charge in [0, 0.05) is 11.1 Å². The average molecular weight is 296 g/mol. The molecule has 0 fully saturated rings. The van der Waals surface area contributed by atoms with Gasteiger partial charge in [0.25, 0.3) is 0 Å². The number of carbonyl (C=O) groups is 1. The van der Waals surface area contributed by atoms with Crippen molar-refractivity contribution < 1.29 is 24.9 Å². The van der Waals surface area contributed by atoms with Gasteiger partial charge in [-0.2, -0.15) is 0 Å². The first kappa shape index (κ1) is 17.1. The summed E-state index contributed by atoms with van der Waals surface area (Å²) in [6, 6.07) is 0. The number of phenols is 3. The molecule has 1 rings (SSSR count). The first-order valence-corrected chi connectivity index (χ1v) is 7.45. The first-order valence-electron chi connectivity index (χ1n) is 7.45. The smallest absolute Gasteiger partial charge is 0.338 e. The Morgan fingerprint density at radius 1 is 0.857 bits per heavy atom. The molecule has 0 amide bonds. The van der Waals surface area contributed by atoms with E-state index in [1.807, 2.05) is 20.8 Å². The summed E-state index contributed by atoms with van der Waals surface area (Å²) in [7, 11) is 0. The molecule has 0 heterocycles. The molecule has 0 saturated heterocycles. The lowest BCUT2D eigenvalue weighted by molar-refractivity contribution is 0.0501. The van der Waals surface area contributed by atoms with Crippen molar-refractivity contribution in [3.05, 3.63) is 16.7 Å². The Hall–Kier alpha value is -1.91. The summed E-state index contributed by atoms with van der Waals surface area (Å²) in [6.07, 6.45) is 2.92. The summed E-state index contributed by atoms with van der Waals surface area (Å²) in [5, 5.41) is 29.9. The van der Waals surface area contributed by atoms with Gasteiger partial charge in [0.1, 0.15) is 0 Å². The highest BCUT2D eigenvalue weighted by Crippen LogP contribution is 2.44. The molecule has 1 aromatic carbocycles. The summed E-state index contributed by atoms with van der Waals surface area (Å²) >= 11 is 0. The van der Waals surface area contributed by atoms with Crippen LogP contribution in [0.1, 0.15) is 61.5 Å². The normalized spacial score (nSPS) is 10.6. The maximum absolute atomic E-state index is 12.3. The minimum Gasteiger partial charge on any atom is -0.504 e. The van der Waals surface area contributed by atoms with E-state index in [2.05, 4.69) is 0 Å². The Kier molecular flexibility index (Phi) is 6.34. The van der Waals surface area contributed by atoms with Gasteiger partial charge in [0.05, 0.1) is 12.2 Å². The van der Waals surface area contributed by atoms with Gasteiger partial charge in [-0.3, -0.25) is 0 Å². The van der Waals surface area contributed by atoms with Gasteiger partial charge < -0.3 is 20.1 Å². The van der Waals surface area contributed by atoms with E-state index in [-0.39, 0.29) is 12.2 Å². The minimum atomic E-state index is -0.561. The second-order valence-electron chi connectivity index (χ2n) is 5.01. The zero-order valence-corrected chi connectivity index (χ0v) is 12.9. The number of ether oxygens (including phenoxy) is 1. The molecule has 5 heteroatoms. The van der Waals surface area contributed by atoms with E-state index in [4.69, 9.17) is 4.74 Å². The van der Waals surface area contributed by atoms with Crippen LogP contribution in [0.3, 0.4) is 0 Å². The fourth-order valence-electron chi connectivity index (χ4n) is 2.32. The summed E-state index contributed by atoms with van der Waals surface area (Å²) < 4.78 is 5.16. The largest absolute Gasteiger partial charge is 0.504 e. The number of esters is 1. The maximum atomic E-state index is 12.3. The van der Waals surface area contributed by atoms with Crippen molar-refractivity contribution >= 4 is 5.97 Å². The van der Waals surface area contributed by atoms with E-state index in [0.717, 1.165) is 0 Å². The Balaban J connectivity index is 3.49. The number of rotatable bonds is 7. The molecular weight excluding hydrogens is 272 g/mol. The molecule has 5 nitrogen and oxygen atoms in total. The van der Waals surface area contributed by atoms with Crippen molar-refractivity contribution in [2.24, 2.45) is 0 Å². The Labute approximate surface area is 125 Å². The average Bonchev–Trinajstić information content (AvgIpc) is 2.47. The number of hydrogen-bond donors (Lipinski definition) is 3. The van der Waals surface area contributed by atoms with Crippen molar-refractivity contribution in [1.82, 2.24) is 0 Å². The molecule has 0 unspecified atom stereocenters. The molecule has 118 valence electrons. The van der Waals surface area contributed by atoms with Crippen LogP contribution in [0.25, 0.3) is 0 Å². The molecular formula is C16H24O5. The quantitative estimate of drug-likeness (QED) is 0.531. The third kappa shape index (κ3) is 3.60. The zero-order valence-electron chi connectivity index (χ0n) is 12.9. The summed E-state index contributed by atoms with van der Waals surface area (Å²) in [5.41, 5.74) is 0.884. The number of phenolic OH excluding ortho intramolecular Hbond substituents is 3. The molecule has 0 aliphatic carbocycles. The maximum Gasteiger partial charge on any atom is 0.338 e. The van der Waals surface area contributed by atoms with Crippen molar-refractivity contribution in [2.75, 3.05) is 6.61 Å². The molecule has 0 saturated carbocycles. The molecule has 0 aromatic heterocycles. The molecule has 0 aliphatic rings. The van der Waals surface area contributed by atoms with E-state index >= 15 is 0 Å². The summed E-state index contributed by atoms with van der Waals surface area (Å²) in [4.78, 5) is 12.3. The van der Waals surface area contributed by atoms with Crippen LogP contribution in [0.2, 0.25) is 0 Å². The van der Waals surface area contributed by atoms with Crippen molar-refractivity contribution in [3.63, 3.8) is 0 Å². The molecule has 0 spiro atoms. The molecule has 0 aliphatic heterocycles. The van der Waals surface area contributed by atoms with Crippen LogP contribution in [-0.2, 0) is 17.6 Å². The first-order chi connectivity index (χ1) is 9.99. The van der Waals surface area contributed by atoms with Gasteiger partial charge in [-0.1, -0.05) is 33.6 Å². The van der Waals surface area contributed by atoms with Crippen molar-refractivity contribution in [1.29, 1.82) is 0 Å². The lowest BCUT2D eigenvalue weighted by Gasteiger charge is -2.18. The molecule has 0 atom stereocenters. The molecule has 1 aromatic rings. The predicted octanol–water partition coefficient (Wildman–Crippen LogP) is 3.28. The predicted molar refractivity (Wildman–Crippen MR) is 80.0 cm³/mol. The van der Waals surface area contributed by atoms with Crippen molar-refractivity contribution in [3.8, 4) is 17.2 Å². The van der Waals surface area contributed by atoms with E-state index in [1.54, 1.807) is 0 Å². The minimum absolute atomic E-state index is 0.194. The van der Waals surface area contributed by atoms with Crippen LogP contribution < -0.4 is 0 Å². The highest BCUT2D eigenvalue weighted by molar-refractivity contribution is 5.95. The van der Waals surface area contributed by atoms with Crippen LogP contribution in [0.15, 0.2) is 0 Å². The van der Waals surface area contributed by atoms with Crippen molar-refractivity contribution in [2.45, 2.75) is 52.9 Å². The van der Waals surface area contributed by atoms with E-state index < -0.39 is 23.2 Å². The molecule has 21 heavy (non-hydrogen) atoms. The van der Waals surface area contributed by atoms with Crippen LogP contribution in [0, 0.1) is 0 Å². The number of hydrogen-bond acceptors (Lipinski definition) is 5. The Bertz CT molecular complexity index is 475. The van der Waals surface area contributed by atoms with E-state index in [1.165, 1.54) is 0 Å². The number of carbonyl (C=O) groups excluding carboxylic acids is 1. The number of benzene rings is 1. The lowest BCUT2D eigenvalue weighted by atomic mass is 9.92. The fraction of sp³-hybridized carbons (Fsp3) is 0.562. The van der Waals surface area contributed by atoms with Gasteiger partial charge in [-0.25, -0.2) is 4.79 Å². The summed E-state index contributed by atoms with van der Waals surface area (Å²) in [5.74, 6) is -1.99. The third-order valence-electron chi connectivity index (χ3n) is 3.27. The van der Waals surface area contributed by atoms with Gasteiger partial charge in [0.2, 0.25) is 5.75 Å². The highest BCUT2D eigenvalue weighted by Gasteiger charge is 2.27. The lowest BCUT2D eigenvalue weighted by Crippen LogP contribution is -2.13. The van der Waals surface area contributed by atoms with Gasteiger partial charge in [0.15, 0.2) is 11.5 Å². The van der Waals surface area contributed by atoms with E-state index in [9.17, 15) is 20.1 Å². The molecule has 0 bridgehead atoms. The van der Waals surface area contributed by atoms with Crippen LogP contribution in [0.4, 0.5) is 0 Å². The van der Waals surface area contributed by atoms with E-state index in [0.29, 0.717) is 43.2 Å². The second-order valence-corrected chi connectivity index (χ2v) is 5.01. The van der Waals surface area contributed by atoms with Crippen LogP contribution >= 0.6 is 0 Å². The Morgan fingerprint density at radius 3 is 1.71 bits per heavy atom. The summed E-state index contributed by atoms with van der Waals surface area (Å²) in [6.45, 7) is 5.98. The van der Waals surface area contributed by atoms with Crippen LogP contribution in [-0.4, -0.2) is 27.9 Å². The van der Waals surface area contributed by atoms with Gasteiger partial charge in [-0.05, 0) is 19.3 Å². The Morgan fingerprint density at radius 2 is 1.33 bits per heavy atom. The van der Waals surface area contributed by atoms with Gasteiger partial charge >= 0.3 is 5.97 Å². The zero-order chi connectivity index (χ0) is 16.0. The number of aromatic hydroxyl groups is 3. The van der Waals surface area contributed by atoms with Crippen LogP contribution in [0.5, 0.6) is 17.2 Å². The molecule has 3 N–H and O–H groups in total. The second kappa shape index (κ2) is 7.76. The SMILES string of the molecule is CCCOC(=O)c1c(CCC)c(O)c(O)c(O)c1CCC.